The fourth-order valence-corrected chi connectivity index (χ4v) is 6.12. The van der Waals surface area contributed by atoms with E-state index in [0.717, 1.165) is 0 Å². The first kappa shape index (κ1) is 22.5. The molecule has 1 saturated carbocycles. The van der Waals surface area contributed by atoms with Crippen molar-refractivity contribution >= 4 is 15.6 Å². The van der Waals surface area contributed by atoms with Crippen LogP contribution in [0.1, 0.15) is 60.3 Å². The molecule has 1 saturated heterocycles. The Morgan fingerprint density at radius 2 is 1.65 bits per heavy atom. The zero-order chi connectivity index (χ0) is 19.8. The SMILES string of the molecule is CC(C)OP(=O)(O)O[C@H]1CCC[C@]2(OP(=O)(O)OC(C)C)C[C@H](C)O[C@@H]12. The van der Waals surface area contributed by atoms with E-state index in [1.807, 2.05) is 6.92 Å². The highest BCUT2D eigenvalue weighted by Gasteiger charge is 2.58. The van der Waals surface area contributed by atoms with Gasteiger partial charge in [0.25, 0.3) is 0 Å². The van der Waals surface area contributed by atoms with Crippen LogP contribution in [0.2, 0.25) is 0 Å². The molecule has 0 bridgehead atoms. The number of hydrogen-bond acceptors (Lipinski definition) is 7. The first-order chi connectivity index (χ1) is 11.8. The van der Waals surface area contributed by atoms with Gasteiger partial charge in [-0.25, -0.2) is 9.13 Å². The zero-order valence-electron chi connectivity index (χ0n) is 15.9. The summed E-state index contributed by atoms with van der Waals surface area (Å²) in [5.74, 6) is 0. The first-order valence-corrected chi connectivity index (χ1v) is 11.9. The molecule has 1 aliphatic heterocycles. The summed E-state index contributed by atoms with van der Waals surface area (Å²) in [4.78, 5) is 20.0. The fourth-order valence-electron chi connectivity index (χ4n) is 3.67. The van der Waals surface area contributed by atoms with Crippen LogP contribution in [0.15, 0.2) is 0 Å². The number of phosphoric acid groups is 2. The molecule has 2 unspecified atom stereocenters. The van der Waals surface area contributed by atoms with E-state index in [1.165, 1.54) is 0 Å². The molecule has 1 aliphatic carbocycles. The summed E-state index contributed by atoms with van der Waals surface area (Å²) in [5.41, 5.74) is -1.11. The zero-order valence-corrected chi connectivity index (χ0v) is 17.7. The molecule has 2 rings (SSSR count). The molecule has 2 fully saturated rings. The van der Waals surface area contributed by atoms with E-state index in [1.54, 1.807) is 27.7 Å². The Balaban J connectivity index is 2.20. The highest BCUT2D eigenvalue weighted by molar-refractivity contribution is 7.47. The molecule has 11 heteroatoms. The van der Waals surface area contributed by atoms with Crippen LogP contribution < -0.4 is 0 Å². The van der Waals surface area contributed by atoms with Gasteiger partial charge in [0.1, 0.15) is 11.7 Å². The number of rotatable bonds is 8. The molecule has 0 aromatic heterocycles. The molecule has 2 N–H and O–H groups in total. The average Bonchev–Trinajstić information content (AvgIpc) is 2.70. The van der Waals surface area contributed by atoms with Crippen molar-refractivity contribution in [1.82, 2.24) is 0 Å². The van der Waals surface area contributed by atoms with Crippen LogP contribution in [0, 0.1) is 0 Å². The number of phosphoric ester groups is 2. The standard InChI is InChI=1S/C15H30O9P2/c1-10(2)21-25(16,17)23-13-7-6-8-15(9-12(5)20-14(13)15)24-26(18,19)22-11(3)4/h10-14H,6-9H2,1-5H3,(H,16,17)(H,18,19)/t12-,13-,14-,15-/m0/s1. The second kappa shape index (κ2) is 8.27. The Kier molecular flexibility index (Phi) is 7.15. The summed E-state index contributed by atoms with van der Waals surface area (Å²) in [5, 5.41) is 0. The molecule has 6 atom stereocenters. The van der Waals surface area contributed by atoms with Crippen molar-refractivity contribution in [2.24, 2.45) is 0 Å². The van der Waals surface area contributed by atoms with Crippen molar-refractivity contribution in [3.63, 3.8) is 0 Å². The van der Waals surface area contributed by atoms with Crippen molar-refractivity contribution in [2.45, 2.75) is 96.4 Å². The third-order valence-electron chi connectivity index (χ3n) is 4.21. The summed E-state index contributed by atoms with van der Waals surface area (Å²) in [7, 11) is -8.61. The lowest BCUT2D eigenvalue weighted by atomic mass is 9.79. The molecule has 0 radical (unpaired) electrons. The van der Waals surface area contributed by atoms with Gasteiger partial charge in [0.05, 0.1) is 24.4 Å². The van der Waals surface area contributed by atoms with Gasteiger partial charge in [0, 0.05) is 6.42 Å². The minimum absolute atomic E-state index is 0.257. The van der Waals surface area contributed by atoms with E-state index < -0.39 is 45.7 Å². The summed E-state index contributed by atoms with van der Waals surface area (Å²) in [6.07, 6.45) is -0.924. The van der Waals surface area contributed by atoms with Gasteiger partial charge in [-0.05, 0) is 53.9 Å². The second-order valence-corrected chi connectivity index (χ2v) is 10.2. The molecular weight excluding hydrogens is 386 g/mol. The number of ether oxygens (including phenoxy) is 1. The summed E-state index contributed by atoms with van der Waals surface area (Å²) in [6, 6.07) is 0. The van der Waals surface area contributed by atoms with Crippen molar-refractivity contribution < 1.29 is 41.7 Å². The maximum Gasteiger partial charge on any atom is 0.473 e. The Labute approximate surface area is 154 Å². The highest BCUT2D eigenvalue weighted by atomic mass is 31.2. The van der Waals surface area contributed by atoms with E-state index >= 15 is 0 Å². The Hall–Kier alpha value is 0.180. The van der Waals surface area contributed by atoms with Crippen LogP contribution in [-0.2, 0) is 32.0 Å². The minimum Gasteiger partial charge on any atom is -0.369 e. The molecule has 26 heavy (non-hydrogen) atoms. The molecule has 0 aromatic carbocycles. The molecule has 0 amide bonds. The minimum atomic E-state index is -4.32. The van der Waals surface area contributed by atoms with E-state index in [4.69, 9.17) is 22.8 Å². The van der Waals surface area contributed by atoms with Crippen LogP contribution in [0.3, 0.4) is 0 Å². The van der Waals surface area contributed by atoms with E-state index in [9.17, 15) is 18.9 Å². The van der Waals surface area contributed by atoms with Crippen molar-refractivity contribution in [1.29, 1.82) is 0 Å². The topological polar surface area (TPSA) is 121 Å². The van der Waals surface area contributed by atoms with Gasteiger partial charge in [-0.15, -0.1) is 0 Å². The van der Waals surface area contributed by atoms with Crippen LogP contribution in [0.5, 0.6) is 0 Å². The monoisotopic (exact) mass is 416 g/mol. The number of fused-ring (bicyclic) bond motifs is 1. The van der Waals surface area contributed by atoms with Crippen LogP contribution in [0.4, 0.5) is 0 Å². The lowest BCUT2D eigenvalue weighted by Crippen LogP contribution is -2.51. The Morgan fingerprint density at radius 1 is 1.08 bits per heavy atom. The van der Waals surface area contributed by atoms with Gasteiger partial charge < -0.3 is 14.5 Å². The van der Waals surface area contributed by atoms with E-state index in [-0.39, 0.29) is 6.10 Å². The van der Waals surface area contributed by atoms with Crippen LogP contribution in [-0.4, -0.2) is 45.9 Å². The maximum atomic E-state index is 12.4. The van der Waals surface area contributed by atoms with Crippen molar-refractivity contribution in [2.75, 3.05) is 0 Å². The van der Waals surface area contributed by atoms with Crippen molar-refractivity contribution in [3.05, 3.63) is 0 Å². The van der Waals surface area contributed by atoms with E-state index in [2.05, 4.69) is 0 Å². The largest absolute Gasteiger partial charge is 0.473 e. The fraction of sp³-hybridized carbons (Fsp3) is 1.00. The third-order valence-corrected chi connectivity index (χ3v) is 6.72. The third kappa shape index (κ3) is 5.84. The Morgan fingerprint density at radius 3 is 2.23 bits per heavy atom. The van der Waals surface area contributed by atoms with Gasteiger partial charge >= 0.3 is 15.6 Å². The molecule has 154 valence electrons. The molecule has 0 spiro atoms. The van der Waals surface area contributed by atoms with E-state index in [0.29, 0.717) is 25.7 Å². The van der Waals surface area contributed by atoms with Gasteiger partial charge in [0.15, 0.2) is 0 Å². The van der Waals surface area contributed by atoms with Gasteiger partial charge in [-0.1, -0.05) is 0 Å². The molecular formula is C15H30O9P2. The first-order valence-electron chi connectivity index (χ1n) is 8.91. The quantitative estimate of drug-likeness (QED) is 0.572. The highest BCUT2D eigenvalue weighted by Crippen LogP contribution is 2.58. The van der Waals surface area contributed by atoms with Gasteiger partial charge in [0.2, 0.25) is 0 Å². The molecule has 1 heterocycles. The average molecular weight is 416 g/mol. The smallest absolute Gasteiger partial charge is 0.369 e. The molecule has 0 aromatic rings. The van der Waals surface area contributed by atoms with Gasteiger partial charge in [-0.2, -0.15) is 0 Å². The van der Waals surface area contributed by atoms with Crippen LogP contribution in [0.25, 0.3) is 0 Å². The van der Waals surface area contributed by atoms with Crippen LogP contribution >= 0.6 is 15.6 Å². The second-order valence-electron chi connectivity index (χ2n) is 7.51. The molecule has 9 nitrogen and oxygen atoms in total. The lowest BCUT2D eigenvalue weighted by Gasteiger charge is -2.42. The summed E-state index contributed by atoms with van der Waals surface area (Å²) >= 11 is 0. The maximum absolute atomic E-state index is 12.4. The number of hydrogen-bond donors (Lipinski definition) is 2. The van der Waals surface area contributed by atoms with Gasteiger partial charge in [-0.3, -0.25) is 18.1 Å². The molecule has 2 aliphatic rings. The predicted octanol–water partition coefficient (Wildman–Crippen LogP) is 3.54. The summed E-state index contributed by atoms with van der Waals surface area (Å²) in [6.45, 7) is 8.33. The summed E-state index contributed by atoms with van der Waals surface area (Å²) < 4.78 is 51.3. The predicted molar refractivity (Wildman–Crippen MR) is 93.6 cm³/mol. The normalized spacial score (nSPS) is 36.7. The van der Waals surface area contributed by atoms with Crippen molar-refractivity contribution in [3.8, 4) is 0 Å². The lowest BCUT2D eigenvalue weighted by molar-refractivity contribution is -0.125. The Bertz CT molecular complexity index is 581.